The van der Waals surface area contributed by atoms with Gasteiger partial charge in [0.05, 0.1) is 0 Å². The van der Waals surface area contributed by atoms with Crippen molar-refractivity contribution in [2.75, 3.05) is 5.73 Å². The number of rotatable bonds is 0. The van der Waals surface area contributed by atoms with E-state index in [-0.39, 0.29) is 0 Å². The summed E-state index contributed by atoms with van der Waals surface area (Å²) in [5, 5.41) is 0. The summed E-state index contributed by atoms with van der Waals surface area (Å²) in [7, 11) is 0. The third kappa shape index (κ3) is 1.83. The van der Waals surface area contributed by atoms with Crippen LogP contribution in [0.5, 0.6) is 0 Å². The summed E-state index contributed by atoms with van der Waals surface area (Å²) in [5.74, 6) is 0. The average Bonchev–Trinajstić information content (AvgIpc) is 2.25. The van der Waals surface area contributed by atoms with Crippen molar-refractivity contribution in [2.24, 2.45) is 5.73 Å². The minimum Gasteiger partial charge on any atom is -0.399 e. The molecule has 0 aliphatic heterocycles. The highest BCUT2D eigenvalue weighted by Gasteiger charge is 2.12. The maximum absolute atomic E-state index is 5.96. The zero-order chi connectivity index (χ0) is 9.26. The fraction of sp³-hybridized carbons (Fsp3) is 0.455. The van der Waals surface area contributed by atoms with Gasteiger partial charge in [0.2, 0.25) is 0 Å². The van der Waals surface area contributed by atoms with Gasteiger partial charge in [0.1, 0.15) is 0 Å². The molecule has 0 heterocycles. The molecule has 0 fully saturated rings. The number of nitrogens with two attached hydrogens (primary N) is 2. The highest BCUT2D eigenvalue weighted by molar-refractivity contribution is 5.45. The summed E-state index contributed by atoms with van der Waals surface area (Å²) in [5.41, 5.74) is 15.3. The van der Waals surface area contributed by atoms with Gasteiger partial charge in [0.25, 0.3) is 0 Å². The van der Waals surface area contributed by atoms with Crippen molar-refractivity contribution >= 4 is 5.69 Å². The highest BCUT2D eigenvalue weighted by Crippen LogP contribution is 2.21. The first kappa shape index (κ1) is 8.57. The number of nitrogen functional groups attached to an aromatic ring is 1. The minimum absolute atomic E-state index is 0.338. The van der Waals surface area contributed by atoms with Crippen LogP contribution in [-0.4, -0.2) is 6.04 Å². The third-order valence-corrected chi connectivity index (χ3v) is 2.73. The molecule has 0 saturated heterocycles. The Bertz CT molecular complexity index is 307. The van der Waals surface area contributed by atoms with E-state index in [1.54, 1.807) is 0 Å². The van der Waals surface area contributed by atoms with Crippen molar-refractivity contribution in [3.05, 3.63) is 29.3 Å². The Morgan fingerprint density at radius 2 is 2.08 bits per heavy atom. The van der Waals surface area contributed by atoms with E-state index in [4.69, 9.17) is 11.5 Å². The van der Waals surface area contributed by atoms with Crippen LogP contribution < -0.4 is 11.5 Å². The van der Waals surface area contributed by atoms with E-state index in [1.807, 2.05) is 6.07 Å². The van der Waals surface area contributed by atoms with Crippen LogP contribution in [0.25, 0.3) is 0 Å². The molecule has 1 aromatic carbocycles. The molecule has 2 nitrogen and oxygen atoms in total. The predicted octanol–water partition coefficient (Wildman–Crippen LogP) is 1.47. The minimum atomic E-state index is 0.338. The summed E-state index contributed by atoms with van der Waals surface area (Å²) < 4.78 is 0. The Balaban J connectivity index is 2.34. The second-order valence-corrected chi connectivity index (χ2v) is 3.88. The lowest BCUT2D eigenvalue weighted by Gasteiger charge is -2.08. The monoisotopic (exact) mass is 176 g/mol. The van der Waals surface area contributed by atoms with Crippen LogP contribution in [0.4, 0.5) is 5.69 Å². The zero-order valence-electron chi connectivity index (χ0n) is 7.79. The van der Waals surface area contributed by atoms with Crippen molar-refractivity contribution in [3.63, 3.8) is 0 Å². The standard InChI is InChI=1S/C11H16N2/c12-10-3-1-2-8-6-11(13)5-4-9(8)7-10/h4-6,10H,1-3,7,12-13H2. The van der Waals surface area contributed by atoms with E-state index in [9.17, 15) is 0 Å². The summed E-state index contributed by atoms with van der Waals surface area (Å²) in [4.78, 5) is 0. The first-order chi connectivity index (χ1) is 6.25. The Morgan fingerprint density at radius 3 is 2.92 bits per heavy atom. The number of anilines is 1. The van der Waals surface area contributed by atoms with E-state index in [0.717, 1.165) is 24.9 Å². The molecule has 1 aromatic rings. The van der Waals surface area contributed by atoms with Crippen LogP contribution in [0, 0.1) is 0 Å². The van der Waals surface area contributed by atoms with Crippen molar-refractivity contribution in [2.45, 2.75) is 31.7 Å². The van der Waals surface area contributed by atoms with Gasteiger partial charge in [0, 0.05) is 11.7 Å². The van der Waals surface area contributed by atoms with Crippen LogP contribution in [0.1, 0.15) is 24.0 Å². The smallest absolute Gasteiger partial charge is 0.0316 e. The average molecular weight is 176 g/mol. The Labute approximate surface area is 78.9 Å². The van der Waals surface area contributed by atoms with Crippen LogP contribution >= 0.6 is 0 Å². The van der Waals surface area contributed by atoms with Gasteiger partial charge < -0.3 is 11.5 Å². The third-order valence-electron chi connectivity index (χ3n) is 2.73. The molecule has 0 bridgehead atoms. The lowest BCUT2D eigenvalue weighted by atomic mass is 10.0. The molecule has 1 atom stereocenters. The van der Waals surface area contributed by atoms with Gasteiger partial charge in [-0.1, -0.05) is 6.07 Å². The number of benzene rings is 1. The van der Waals surface area contributed by atoms with E-state index in [1.165, 1.54) is 17.5 Å². The van der Waals surface area contributed by atoms with Crippen molar-refractivity contribution in [3.8, 4) is 0 Å². The van der Waals surface area contributed by atoms with E-state index in [0.29, 0.717) is 6.04 Å². The van der Waals surface area contributed by atoms with E-state index < -0.39 is 0 Å². The molecule has 0 spiro atoms. The van der Waals surface area contributed by atoms with Gasteiger partial charge in [-0.05, 0) is 48.9 Å². The second-order valence-electron chi connectivity index (χ2n) is 3.88. The number of aryl methyl sites for hydroxylation is 1. The summed E-state index contributed by atoms with van der Waals surface area (Å²) >= 11 is 0. The van der Waals surface area contributed by atoms with Gasteiger partial charge in [-0.3, -0.25) is 0 Å². The molecule has 1 unspecified atom stereocenters. The fourth-order valence-corrected chi connectivity index (χ4v) is 2.02. The van der Waals surface area contributed by atoms with Gasteiger partial charge in [0.15, 0.2) is 0 Å². The van der Waals surface area contributed by atoms with E-state index in [2.05, 4.69) is 12.1 Å². The predicted molar refractivity (Wildman–Crippen MR) is 55.5 cm³/mol. The van der Waals surface area contributed by atoms with Gasteiger partial charge in [-0.15, -0.1) is 0 Å². The van der Waals surface area contributed by atoms with Gasteiger partial charge >= 0.3 is 0 Å². The number of fused-ring (bicyclic) bond motifs is 1. The Kier molecular flexibility index (Phi) is 2.23. The Hall–Kier alpha value is -1.02. The summed E-state index contributed by atoms with van der Waals surface area (Å²) in [6.07, 6.45) is 4.47. The lowest BCUT2D eigenvalue weighted by Crippen LogP contribution is -2.21. The first-order valence-corrected chi connectivity index (χ1v) is 4.88. The van der Waals surface area contributed by atoms with Crippen molar-refractivity contribution < 1.29 is 0 Å². The van der Waals surface area contributed by atoms with Crippen molar-refractivity contribution in [1.82, 2.24) is 0 Å². The first-order valence-electron chi connectivity index (χ1n) is 4.88. The molecule has 0 radical (unpaired) electrons. The fourth-order valence-electron chi connectivity index (χ4n) is 2.02. The molecular formula is C11H16N2. The maximum atomic E-state index is 5.96. The SMILES string of the molecule is Nc1ccc2c(c1)CCCC(N)C2. The normalized spacial score (nSPS) is 22.1. The molecule has 13 heavy (non-hydrogen) atoms. The molecule has 4 N–H and O–H groups in total. The number of hydrogen-bond donors (Lipinski definition) is 2. The largest absolute Gasteiger partial charge is 0.399 e. The lowest BCUT2D eigenvalue weighted by molar-refractivity contribution is 0.603. The highest BCUT2D eigenvalue weighted by atomic mass is 14.6. The van der Waals surface area contributed by atoms with E-state index >= 15 is 0 Å². The zero-order valence-corrected chi connectivity index (χ0v) is 7.79. The molecule has 2 rings (SSSR count). The van der Waals surface area contributed by atoms with Crippen LogP contribution in [0.3, 0.4) is 0 Å². The Morgan fingerprint density at radius 1 is 1.23 bits per heavy atom. The van der Waals surface area contributed by atoms with Gasteiger partial charge in [-0.2, -0.15) is 0 Å². The topological polar surface area (TPSA) is 52.0 Å². The summed E-state index contributed by atoms with van der Waals surface area (Å²) in [6, 6.07) is 6.52. The van der Waals surface area contributed by atoms with Crippen LogP contribution in [0.15, 0.2) is 18.2 Å². The quantitative estimate of drug-likeness (QED) is 0.464. The summed E-state index contributed by atoms with van der Waals surface area (Å²) in [6.45, 7) is 0. The molecule has 2 heteroatoms. The molecule has 70 valence electrons. The van der Waals surface area contributed by atoms with Crippen LogP contribution in [0.2, 0.25) is 0 Å². The molecule has 0 saturated carbocycles. The number of hydrogen-bond acceptors (Lipinski definition) is 2. The molecule has 0 amide bonds. The van der Waals surface area contributed by atoms with Crippen molar-refractivity contribution in [1.29, 1.82) is 0 Å². The molecule has 0 aromatic heterocycles. The molecular weight excluding hydrogens is 160 g/mol. The molecule has 1 aliphatic carbocycles. The van der Waals surface area contributed by atoms with Gasteiger partial charge in [-0.25, -0.2) is 0 Å². The van der Waals surface area contributed by atoms with Crippen LogP contribution in [-0.2, 0) is 12.8 Å². The second kappa shape index (κ2) is 3.38. The maximum Gasteiger partial charge on any atom is 0.0316 e. The molecule has 1 aliphatic rings.